The number of carbonyl (C=O) groups is 1. The van der Waals surface area contributed by atoms with Gasteiger partial charge in [-0.2, -0.15) is 0 Å². The van der Waals surface area contributed by atoms with Crippen LogP contribution < -0.4 is 5.32 Å². The molecule has 0 aromatic heterocycles. The van der Waals surface area contributed by atoms with E-state index >= 15 is 0 Å². The summed E-state index contributed by atoms with van der Waals surface area (Å²) >= 11 is 6.75. The van der Waals surface area contributed by atoms with Crippen LogP contribution in [0.4, 0.5) is 0 Å². The van der Waals surface area contributed by atoms with Crippen LogP contribution in [0.15, 0.2) is 57.5 Å². The van der Waals surface area contributed by atoms with Crippen LogP contribution >= 0.6 is 31.9 Å². The molecule has 0 aliphatic carbocycles. The molecule has 4 heteroatoms. The molecular weight excluding hydrogens is 370 g/mol. The lowest BCUT2D eigenvalue weighted by Crippen LogP contribution is -2.26. The van der Waals surface area contributed by atoms with Crippen LogP contribution in [0, 0.1) is 0 Å². The number of amides is 1. The van der Waals surface area contributed by atoms with Crippen molar-refractivity contribution in [3.63, 3.8) is 0 Å². The summed E-state index contributed by atoms with van der Waals surface area (Å²) < 4.78 is 1.99. The molecule has 0 fully saturated rings. The van der Waals surface area contributed by atoms with Gasteiger partial charge in [-0.15, -0.1) is 0 Å². The molecule has 1 atom stereocenters. The van der Waals surface area contributed by atoms with E-state index in [4.69, 9.17) is 0 Å². The molecule has 19 heavy (non-hydrogen) atoms. The summed E-state index contributed by atoms with van der Waals surface area (Å²) in [6.07, 6.45) is 0. The molecule has 1 N–H and O–H groups in total. The maximum atomic E-state index is 12.1. The van der Waals surface area contributed by atoms with E-state index < -0.39 is 0 Å². The van der Waals surface area contributed by atoms with Gasteiger partial charge in [-0.1, -0.05) is 44.0 Å². The highest BCUT2D eigenvalue weighted by atomic mass is 79.9. The highest BCUT2D eigenvalue weighted by Gasteiger charge is 2.11. The van der Waals surface area contributed by atoms with Crippen molar-refractivity contribution in [3.8, 4) is 0 Å². The second kappa shape index (κ2) is 6.35. The van der Waals surface area contributed by atoms with Gasteiger partial charge in [0.1, 0.15) is 0 Å². The number of carbonyl (C=O) groups excluding carboxylic acids is 1. The predicted octanol–water partition coefficient (Wildman–Crippen LogP) is 4.70. The molecule has 0 saturated carbocycles. The smallest absolute Gasteiger partial charge is 0.251 e. The second-order valence-corrected chi connectivity index (χ2v) is 6.08. The molecule has 0 spiro atoms. The van der Waals surface area contributed by atoms with Crippen molar-refractivity contribution in [3.05, 3.63) is 68.6 Å². The molecular formula is C15H13Br2NO. The molecule has 0 unspecified atom stereocenters. The monoisotopic (exact) mass is 381 g/mol. The van der Waals surface area contributed by atoms with Crippen LogP contribution in [0.3, 0.4) is 0 Å². The zero-order valence-electron chi connectivity index (χ0n) is 10.4. The quantitative estimate of drug-likeness (QED) is 0.818. The van der Waals surface area contributed by atoms with Gasteiger partial charge in [0.25, 0.3) is 5.91 Å². The molecule has 98 valence electrons. The number of rotatable bonds is 3. The summed E-state index contributed by atoms with van der Waals surface area (Å²) in [5.41, 5.74) is 1.74. The first-order chi connectivity index (χ1) is 9.06. The van der Waals surface area contributed by atoms with Crippen molar-refractivity contribution in [1.82, 2.24) is 5.32 Å². The lowest BCUT2D eigenvalue weighted by atomic mass is 10.1. The SMILES string of the molecule is C[C@@H](NC(=O)c1ccc(Br)cc1)c1ccc(Br)cc1. The largest absolute Gasteiger partial charge is 0.346 e. The predicted molar refractivity (Wildman–Crippen MR) is 84.2 cm³/mol. The zero-order valence-corrected chi connectivity index (χ0v) is 13.5. The normalized spacial score (nSPS) is 11.9. The van der Waals surface area contributed by atoms with Crippen molar-refractivity contribution in [2.45, 2.75) is 13.0 Å². The third-order valence-electron chi connectivity index (χ3n) is 2.82. The number of benzene rings is 2. The number of hydrogen-bond donors (Lipinski definition) is 1. The summed E-state index contributed by atoms with van der Waals surface area (Å²) in [5, 5.41) is 2.98. The van der Waals surface area contributed by atoms with Gasteiger partial charge >= 0.3 is 0 Å². The van der Waals surface area contributed by atoms with Crippen LogP contribution in [0.2, 0.25) is 0 Å². The molecule has 2 rings (SSSR count). The van der Waals surface area contributed by atoms with Gasteiger partial charge < -0.3 is 5.32 Å². The van der Waals surface area contributed by atoms with Gasteiger partial charge in [0.15, 0.2) is 0 Å². The van der Waals surface area contributed by atoms with Gasteiger partial charge in [-0.3, -0.25) is 4.79 Å². The lowest BCUT2D eigenvalue weighted by Gasteiger charge is -2.14. The molecule has 2 aromatic rings. The molecule has 0 bridgehead atoms. The van der Waals surface area contributed by atoms with Gasteiger partial charge in [-0.25, -0.2) is 0 Å². The number of hydrogen-bond acceptors (Lipinski definition) is 1. The summed E-state index contributed by atoms with van der Waals surface area (Å²) in [4.78, 5) is 12.1. The van der Waals surface area contributed by atoms with Crippen molar-refractivity contribution in [2.24, 2.45) is 0 Å². The van der Waals surface area contributed by atoms with Gasteiger partial charge in [0.05, 0.1) is 6.04 Å². The topological polar surface area (TPSA) is 29.1 Å². The Hall–Kier alpha value is -1.13. The maximum Gasteiger partial charge on any atom is 0.251 e. The van der Waals surface area contributed by atoms with Crippen LogP contribution in [-0.4, -0.2) is 5.91 Å². The van der Waals surface area contributed by atoms with E-state index in [0.29, 0.717) is 5.56 Å². The Morgan fingerprint density at radius 1 is 0.947 bits per heavy atom. The fraction of sp³-hybridized carbons (Fsp3) is 0.133. The molecule has 1 amide bonds. The zero-order chi connectivity index (χ0) is 13.8. The van der Waals surface area contributed by atoms with E-state index in [1.54, 1.807) is 12.1 Å². The highest BCUT2D eigenvalue weighted by Crippen LogP contribution is 2.17. The average molecular weight is 383 g/mol. The van der Waals surface area contributed by atoms with E-state index in [1.807, 2.05) is 43.3 Å². The maximum absolute atomic E-state index is 12.1. The first-order valence-electron chi connectivity index (χ1n) is 5.88. The van der Waals surface area contributed by atoms with Crippen LogP contribution in [0.5, 0.6) is 0 Å². The first kappa shape index (κ1) is 14.3. The molecule has 0 heterocycles. The molecule has 0 aliphatic heterocycles. The highest BCUT2D eigenvalue weighted by molar-refractivity contribution is 9.10. The summed E-state index contributed by atoms with van der Waals surface area (Å²) in [6.45, 7) is 1.97. The van der Waals surface area contributed by atoms with E-state index in [9.17, 15) is 4.79 Å². The Morgan fingerprint density at radius 3 is 1.95 bits per heavy atom. The fourth-order valence-electron chi connectivity index (χ4n) is 1.72. The lowest BCUT2D eigenvalue weighted by molar-refractivity contribution is 0.0940. The average Bonchev–Trinajstić information content (AvgIpc) is 2.40. The Morgan fingerprint density at radius 2 is 1.42 bits per heavy atom. The van der Waals surface area contributed by atoms with Crippen LogP contribution in [0.1, 0.15) is 28.9 Å². The molecule has 2 nitrogen and oxygen atoms in total. The molecule has 0 aliphatic rings. The Balaban J connectivity index is 2.06. The minimum atomic E-state index is -0.0667. The number of nitrogens with one attached hydrogen (secondary N) is 1. The van der Waals surface area contributed by atoms with Crippen LogP contribution in [-0.2, 0) is 0 Å². The van der Waals surface area contributed by atoms with Crippen molar-refractivity contribution >= 4 is 37.8 Å². The van der Waals surface area contributed by atoms with E-state index in [1.165, 1.54) is 0 Å². The fourth-order valence-corrected chi connectivity index (χ4v) is 2.24. The summed E-state index contributed by atoms with van der Waals surface area (Å²) in [6, 6.07) is 15.2. The van der Waals surface area contributed by atoms with Crippen molar-refractivity contribution in [1.29, 1.82) is 0 Å². The first-order valence-corrected chi connectivity index (χ1v) is 7.47. The van der Waals surface area contributed by atoms with Gasteiger partial charge in [-0.05, 0) is 48.9 Å². The summed E-state index contributed by atoms with van der Waals surface area (Å²) in [5.74, 6) is -0.0667. The van der Waals surface area contributed by atoms with Crippen molar-refractivity contribution in [2.75, 3.05) is 0 Å². The van der Waals surface area contributed by atoms with Crippen molar-refractivity contribution < 1.29 is 4.79 Å². The minimum absolute atomic E-state index is 0.0238. The van der Waals surface area contributed by atoms with Crippen LogP contribution in [0.25, 0.3) is 0 Å². The Kier molecular flexibility index (Phi) is 4.77. The van der Waals surface area contributed by atoms with E-state index in [-0.39, 0.29) is 11.9 Å². The minimum Gasteiger partial charge on any atom is -0.346 e. The van der Waals surface area contributed by atoms with E-state index in [2.05, 4.69) is 37.2 Å². The summed E-state index contributed by atoms with van der Waals surface area (Å²) in [7, 11) is 0. The van der Waals surface area contributed by atoms with Gasteiger partial charge in [0.2, 0.25) is 0 Å². The number of halogens is 2. The third-order valence-corrected chi connectivity index (χ3v) is 3.88. The van der Waals surface area contributed by atoms with E-state index in [0.717, 1.165) is 14.5 Å². The Bertz CT molecular complexity index is 564. The third kappa shape index (κ3) is 3.91. The second-order valence-electron chi connectivity index (χ2n) is 4.25. The Labute approximate surface area is 129 Å². The standard InChI is InChI=1S/C15H13Br2NO/c1-10(11-2-6-13(16)7-3-11)18-15(19)12-4-8-14(17)9-5-12/h2-10H,1H3,(H,18,19)/t10-/m1/s1. The van der Waals surface area contributed by atoms with Gasteiger partial charge in [0, 0.05) is 14.5 Å². The molecule has 2 aromatic carbocycles. The molecule has 0 radical (unpaired) electrons. The molecule has 0 saturated heterocycles.